The third-order valence-electron chi connectivity index (χ3n) is 8.86. The van der Waals surface area contributed by atoms with E-state index in [0.717, 1.165) is 89.3 Å². The number of pyridine rings is 1. The molecular weight excluding hydrogens is 494 g/mol. The Morgan fingerprint density at radius 2 is 1.52 bits per heavy atom. The zero-order valence-electron chi connectivity index (χ0n) is 23.2. The zero-order chi connectivity index (χ0) is 27.3. The number of likely N-dealkylation sites (tertiary alicyclic amines) is 1. The number of nitrogens with one attached hydrogen (secondary N) is 1. The lowest BCUT2D eigenvalue weighted by Gasteiger charge is -2.38. The number of nitrogens with two attached hydrogens (primary N) is 1. The van der Waals surface area contributed by atoms with Crippen LogP contribution in [-0.2, 0) is 12.8 Å². The highest BCUT2D eigenvalue weighted by molar-refractivity contribution is 5.93. The predicted octanol–water partition coefficient (Wildman–Crippen LogP) is 6.00. The van der Waals surface area contributed by atoms with Crippen molar-refractivity contribution in [1.82, 2.24) is 30.0 Å². The van der Waals surface area contributed by atoms with Crippen molar-refractivity contribution < 1.29 is 0 Å². The number of hydrogen-bond donors (Lipinski definition) is 2. The molecule has 2 aliphatic rings. The largest absolute Gasteiger partial charge is 0.313 e. The van der Waals surface area contributed by atoms with Crippen LogP contribution in [0.2, 0.25) is 0 Å². The van der Waals surface area contributed by atoms with Gasteiger partial charge in [0.2, 0.25) is 0 Å². The molecule has 0 spiro atoms. The topological polar surface area (TPSA) is 96.6 Å². The normalized spacial score (nSPS) is 19.6. The van der Waals surface area contributed by atoms with Crippen molar-refractivity contribution in [2.24, 2.45) is 5.73 Å². The first-order valence-electron chi connectivity index (χ1n) is 14.4. The second-order valence-corrected chi connectivity index (χ2v) is 11.5. The molecule has 0 bridgehead atoms. The van der Waals surface area contributed by atoms with Gasteiger partial charge in [0, 0.05) is 34.5 Å². The van der Waals surface area contributed by atoms with E-state index in [9.17, 15) is 0 Å². The monoisotopic (exact) mass is 529 g/mol. The van der Waals surface area contributed by atoms with E-state index in [1.165, 1.54) is 29.5 Å². The standard InChI is InChI=1S/C33H35N7/c1-21-19-35-22(2)30(37-21)24-6-8-25(9-7-24)31-29-18-28(20-36-32(29)39-38-31)26-10-5-23-11-13-33(34,14-12-27(23)17-26)40-15-3-4-16-40/h5-10,17-20H,3-4,11-16,34H2,1-2H3,(H,36,38,39)/t33-/m0/s1. The number of nitrogens with zero attached hydrogens (tertiary/aromatic N) is 5. The highest BCUT2D eigenvalue weighted by Gasteiger charge is 2.35. The third-order valence-corrected chi connectivity index (χ3v) is 8.86. The molecule has 1 atom stereocenters. The van der Waals surface area contributed by atoms with Gasteiger partial charge < -0.3 is 5.73 Å². The predicted molar refractivity (Wildman–Crippen MR) is 160 cm³/mol. The Morgan fingerprint density at radius 3 is 2.33 bits per heavy atom. The van der Waals surface area contributed by atoms with E-state index in [-0.39, 0.29) is 5.66 Å². The Kier molecular flexibility index (Phi) is 6.21. The molecule has 0 radical (unpaired) electrons. The molecule has 4 heterocycles. The van der Waals surface area contributed by atoms with E-state index in [1.807, 2.05) is 20.0 Å². The maximum Gasteiger partial charge on any atom is 0.181 e. The van der Waals surface area contributed by atoms with Gasteiger partial charge in [0.25, 0.3) is 0 Å². The van der Waals surface area contributed by atoms with E-state index in [0.29, 0.717) is 0 Å². The molecule has 7 rings (SSSR count). The van der Waals surface area contributed by atoms with Crippen LogP contribution in [0.3, 0.4) is 0 Å². The van der Waals surface area contributed by atoms with Crippen LogP contribution in [0.5, 0.6) is 0 Å². The van der Waals surface area contributed by atoms with Crippen molar-refractivity contribution in [3.63, 3.8) is 0 Å². The molecule has 40 heavy (non-hydrogen) atoms. The summed E-state index contributed by atoms with van der Waals surface area (Å²) in [7, 11) is 0. The summed E-state index contributed by atoms with van der Waals surface area (Å²) in [6.07, 6.45) is 10.4. The second-order valence-electron chi connectivity index (χ2n) is 11.5. The van der Waals surface area contributed by atoms with Crippen molar-refractivity contribution in [3.05, 3.63) is 83.4 Å². The van der Waals surface area contributed by atoms with Crippen LogP contribution in [0.25, 0.3) is 44.7 Å². The summed E-state index contributed by atoms with van der Waals surface area (Å²) in [4.78, 5) is 16.4. The number of H-pyrrole nitrogens is 1. The molecule has 1 aliphatic carbocycles. The Morgan fingerprint density at radius 1 is 0.800 bits per heavy atom. The fraction of sp³-hybridized carbons (Fsp3) is 0.333. The Balaban J connectivity index is 1.18. The Hall–Kier alpha value is -3.94. The van der Waals surface area contributed by atoms with Crippen molar-refractivity contribution in [3.8, 4) is 33.6 Å². The summed E-state index contributed by atoms with van der Waals surface area (Å²) in [6, 6.07) is 17.5. The molecule has 202 valence electrons. The van der Waals surface area contributed by atoms with E-state index in [2.05, 4.69) is 68.6 Å². The smallest absolute Gasteiger partial charge is 0.181 e. The number of fused-ring (bicyclic) bond motifs is 2. The van der Waals surface area contributed by atoms with Gasteiger partial charge in [-0.15, -0.1) is 0 Å². The summed E-state index contributed by atoms with van der Waals surface area (Å²) in [5.74, 6) is 0. The summed E-state index contributed by atoms with van der Waals surface area (Å²) < 4.78 is 0. The number of aromatic nitrogens is 5. The van der Waals surface area contributed by atoms with E-state index in [4.69, 9.17) is 15.7 Å². The first-order valence-corrected chi connectivity index (χ1v) is 14.4. The summed E-state index contributed by atoms with van der Waals surface area (Å²) in [5, 5.41) is 8.73. The minimum Gasteiger partial charge on any atom is -0.313 e. The first kappa shape index (κ1) is 25.1. The molecule has 1 saturated heterocycles. The molecule has 0 unspecified atom stereocenters. The molecule has 2 aromatic carbocycles. The van der Waals surface area contributed by atoms with Gasteiger partial charge in [-0.25, -0.2) is 9.97 Å². The number of aromatic amines is 1. The fourth-order valence-electron chi connectivity index (χ4n) is 6.47. The van der Waals surface area contributed by atoms with Gasteiger partial charge in [0.1, 0.15) is 0 Å². The fourth-order valence-corrected chi connectivity index (χ4v) is 6.47. The van der Waals surface area contributed by atoms with Gasteiger partial charge in [-0.3, -0.25) is 15.0 Å². The lowest BCUT2D eigenvalue weighted by Crippen LogP contribution is -2.55. The lowest BCUT2D eigenvalue weighted by molar-refractivity contribution is 0.105. The van der Waals surface area contributed by atoms with Gasteiger partial charge in [-0.05, 0) is 88.2 Å². The SMILES string of the molecule is Cc1cnc(C)c(-c2ccc(-c3[nH]nc4ncc(-c5ccc6c(c5)CC[C@@](N)(N5CCCC5)CC6)cc34)cc2)n1. The van der Waals surface area contributed by atoms with Gasteiger partial charge in [0.15, 0.2) is 5.65 Å². The van der Waals surface area contributed by atoms with Crippen LogP contribution in [0.15, 0.2) is 60.9 Å². The molecule has 3 aromatic heterocycles. The third kappa shape index (κ3) is 4.49. The second kappa shape index (κ2) is 9.91. The summed E-state index contributed by atoms with van der Waals surface area (Å²) >= 11 is 0. The number of benzene rings is 2. The molecule has 1 fully saturated rings. The van der Waals surface area contributed by atoms with E-state index in [1.54, 1.807) is 6.20 Å². The number of aryl methyl sites for hydroxylation is 4. The minimum atomic E-state index is -0.179. The molecule has 7 heteroatoms. The molecule has 0 amide bonds. The summed E-state index contributed by atoms with van der Waals surface area (Å²) in [6.45, 7) is 6.24. The van der Waals surface area contributed by atoms with E-state index < -0.39 is 0 Å². The number of hydrogen-bond acceptors (Lipinski definition) is 6. The van der Waals surface area contributed by atoms with Crippen LogP contribution < -0.4 is 5.73 Å². The van der Waals surface area contributed by atoms with Crippen molar-refractivity contribution in [1.29, 1.82) is 0 Å². The lowest BCUT2D eigenvalue weighted by atomic mass is 9.96. The van der Waals surface area contributed by atoms with Gasteiger partial charge in [-0.2, -0.15) is 5.10 Å². The Bertz CT molecular complexity index is 1700. The van der Waals surface area contributed by atoms with Crippen LogP contribution >= 0.6 is 0 Å². The van der Waals surface area contributed by atoms with Gasteiger partial charge in [-0.1, -0.05) is 42.5 Å². The van der Waals surface area contributed by atoms with Crippen LogP contribution in [0, 0.1) is 13.8 Å². The molecule has 5 aromatic rings. The maximum absolute atomic E-state index is 6.97. The van der Waals surface area contributed by atoms with Crippen LogP contribution in [0.1, 0.15) is 48.2 Å². The van der Waals surface area contributed by atoms with Crippen LogP contribution in [-0.4, -0.2) is 48.8 Å². The van der Waals surface area contributed by atoms with Crippen molar-refractivity contribution in [2.45, 2.75) is 58.0 Å². The Labute approximate surface area is 234 Å². The van der Waals surface area contributed by atoms with Gasteiger partial charge in [0.05, 0.1) is 28.4 Å². The van der Waals surface area contributed by atoms with E-state index >= 15 is 0 Å². The first-order chi connectivity index (χ1) is 19.5. The molecule has 3 N–H and O–H groups in total. The quantitative estimate of drug-likeness (QED) is 0.277. The zero-order valence-corrected chi connectivity index (χ0v) is 23.2. The molecule has 1 aliphatic heterocycles. The molecule has 0 saturated carbocycles. The highest BCUT2D eigenvalue weighted by Crippen LogP contribution is 2.35. The summed E-state index contributed by atoms with van der Waals surface area (Å²) in [5.41, 5.74) is 18.5. The van der Waals surface area contributed by atoms with Crippen molar-refractivity contribution >= 4 is 11.0 Å². The van der Waals surface area contributed by atoms with Gasteiger partial charge >= 0.3 is 0 Å². The molecule has 7 nitrogen and oxygen atoms in total. The minimum absolute atomic E-state index is 0.179. The average Bonchev–Trinajstić information content (AvgIpc) is 3.64. The maximum atomic E-state index is 6.97. The molecular formula is C33H35N7. The average molecular weight is 530 g/mol. The number of rotatable bonds is 4. The highest BCUT2D eigenvalue weighted by atomic mass is 15.3. The van der Waals surface area contributed by atoms with Crippen LogP contribution in [0.4, 0.5) is 0 Å². The van der Waals surface area contributed by atoms with Crippen molar-refractivity contribution in [2.75, 3.05) is 13.1 Å².